The lowest BCUT2D eigenvalue weighted by molar-refractivity contribution is -0.132. The monoisotopic (exact) mass is 397 g/mol. The second-order valence-corrected chi connectivity index (χ2v) is 6.58. The fraction of sp³-hybridized carbons (Fsp3) is 0.529. The summed E-state index contributed by atoms with van der Waals surface area (Å²) in [5.41, 5.74) is 2.17. The van der Waals surface area contributed by atoms with Crippen LogP contribution < -0.4 is 5.32 Å². The van der Waals surface area contributed by atoms with E-state index in [1.165, 1.54) is 5.56 Å². The summed E-state index contributed by atoms with van der Waals surface area (Å²) in [6.45, 7) is 6.96. The molecule has 0 spiro atoms. The number of hydrogen-bond donors (Lipinski definition) is 1. The van der Waals surface area contributed by atoms with Crippen molar-refractivity contribution in [2.24, 2.45) is 0 Å². The van der Waals surface area contributed by atoms with Crippen molar-refractivity contribution in [2.45, 2.75) is 20.3 Å². The summed E-state index contributed by atoms with van der Waals surface area (Å²) < 4.78 is 5.98. The molecular formula is C17H24BrN3O3. The highest BCUT2D eigenvalue weighted by Crippen LogP contribution is 2.23. The SMILES string of the molecule is CCOC(=O)N1CCN(C(=O)CCNc2ccc(C)cc2Br)CC1. The van der Waals surface area contributed by atoms with E-state index in [-0.39, 0.29) is 12.0 Å². The molecule has 1 heterocycles. The van der Waals surface area contributed by atoms with E-state index in [4.69, 9.17) is 4.74 Å². The normalized spacial score (nSPS) is 14.5. The van der Waals surface area contributed by atoms with Gasteiger partial charge in [0.05, 0.1) is 6.61 Å². The lowest BCUT2D eigenvalue weighted by atomic mass is 10.2. The molecule has 2 rings (SSSR count). The van der Waals surface area contributed by atoms with Gasteiger partial charge >= 0.3 is 6.09 Å². The molecule has 1 N–H and O–H groups in total. The maximum atomic E-state index is 12.3. The van der Waals surface area contributed by atoms with Crippen LogP contribution in [0.5, 0.6) is 0 Å². The van der Waals surface area contributed by atoms with Gasteiger partial charge in [-0.2, -0.15) is 0 Å². The molecule has 0 atom stereocenters. The second-order valence-electron chi connectivity index (χ2n) is 5.73. The number of amides is 2. The minimum Gasteiger partial charge on any atom is -0.450 e. The summed E-state index contributed by atoms with van der Waals surface area (Å²) in [6.07, 6.45) is 0.134. The largest absolute Gasteiger partial charge is 0.450 e. The third kappa shape index (κ3) is 5.12. The molecule has 1 aromatic rings. The van der Waals surface area contributed by atoms with Gasteiger partial charge in [0.1, 0.15) is 0 Å². The van der Waals surface area contributed by atoms with Gasteiger partial charge < -0.3 is 19.9 Å². The number of ether oxygens (including phenoxy) is 1. The predicted octanol–water partition coefficient (Wildman–Crippen LogP) is 2.86. The van der Waals surface area contributed by atoms with Gasteiger partial charge in [-0.1, -0.05) is 6.07 Å². The molecule has 0 unspecified atom stereocenters. The second kappa shape index (κ2) is 8.92. The minimum absolute atomic E-state index is 0.106. The van der Waals surface area contributed by atoms with Gasteiger partial charge in [-0.3, -0.25) is 4.79 Å². The van der Waals surface area contributed by atoms with Crippen molar-refractivity contribution >= 4 is 33.6 Å². The third-order valence-electron chi connectivity index (χ3n) is 3.94. The summed E-state index contributed by atoms with van der Waals surface area (Å²) in [7, 11) is 0. The number of hydrogen-bond acceptors (Lipinski definition) is 4. The fourth-order valence-electron chi connectivity index (χ4n) is 2.58. The smallest absolute Gasteiger partial charge is 0.409 e. The first kappa shape index (κ1) is 18.6. The number of benzene rings is 1. The van der Waals surface area contributed by atoms with Crippen LogP contribution in [-0.4, -0.2) is 61.1 Å². The van der Waals surface area contributed by atoms with Crippen molar-refractivity contribution in [1.29, 1.82) is 0 Å². The number of nitrogens with zero attached hydrogens (tertiary/aromatic N) is 2. The maximum Gasteiger partial charge on any atom is 0.409 e. The number of piperazine rings is 1. The molecular weight excluding hydrogens is 374 g/mol. The quantitative estimate of drug-likeness (QED) is 0.829. The Morgan fingerprint density at radius 2 is 1.88 bits per heavy atom. The van der Waals surface area contributed by atoms with E-state index >= 15 is 0 Å². The number of carbonyl (C=O) groups excluding carboxylic acids is 2. The van der Waals surface area contributed by atoms with Gasteiger partial charge in [-0.25, -0.2) is 4.79 Å². The predicted molar refractivity (Wildman–Crippen MR) is 97.2 cm³/mol. The van der Waals surface area contributed by atoms with Crippen molar-refractivity contribution in [3.8, 4) is 0 Å². The van der Waals surface area contributed by atoms with E-state index in [1.54, 1.807) is 11.8 Å². The number of halogens is 1. The molecule has 1 fully saturated rings. The molecule has 0 aromatic heterocycles. The van der Waals surface area contributed by atoms with Gasteiger partial charge in [0.15, 0.2) is 0 Å². The Morgan fingerprint density at radius 3 is 2.50 bits per heavy atom. The summed E-state index contributed by atoms with van der Waals surface area (Å²) in [4.78, 5) is 27.4. The highest BCUT2D eigenvalue weighted by atomic mass is 79.9. The van der Waals surface area contributed by atoms with Crippen LogP contribution in [0.2, 0.25) is 0 Å². The van der Waals surface area contributed by atoms with Crippen LogP contribution in [0.15, 0.2) is 22.7 Å². The molecule has 0 saturated carbocycles. The van der Waals surface area contributed by atoms with Crippen molar-refractivity contribution < 1.29 is 14.3 Å². The zero-order valence-electron chi connectivity index (χ0n) is 14.2. The van der Waals surface area contributed by atoms with Gasteiger partial charge in [-0.15, -0.1) is 0 Å². The molecule has 132 valence electrons. The van der Waals surface area contributed by atoms with Crippen LogP contribution in [0.1, 0.15) is 18.9 Å². The van der Waals surface area contributed by atoms with Crippen molar-refractivity contribution in [2.75, 3.05) is 44.6 Å². The van der Waals surface area contributed by atoms with E-state index in [1.807, 2.05) is 30.0 Å². The Balaban J connectivity index is 1.73. The topological polar surface area (TPSA) is 61.9 Å². The zero-order chi connectivity index (χ0) is 17.5. The molecule has 24 heavy (non-hydrogen) atoms. The third-order valence-corrected chi connectivity index (χ3v) is 4.59. The minimum atomic E-state index is -0.296. The summed E-state index contributed by atoms with van der Waals surface area (Å²) >= 11 is 3.52. The molecule has 1 aliphatic rings. The Bertz CT molecular complexity index is 586. The molecule has 2 amide bonds. The fourth-order valence-corrected chi connectivity index (χ4v) is 3.21. The number of rotatable bonds is 5. The standard InChI is InChI=1S/C17H24BrN3O3/c1-3-24-17(23)21-10-8-20(9-11-21)16(22)6-7-19-15-5-4-13(2)12-14(15)18/h4-5,12,19H,3,6-11H2,1-2H3. The summed E-state index contributed by atoms with van der Waals surface area (Å²) in [6, 6.07) is 6.07. The van der Waals surface area contributed by atoms with Crippen molar-refractivity contribution in [1.82, 2.24) is 9.80 Å². The first-order valence-electron chi connectivity index (χ1n) is 8.20. The molecule has 1 saturated heterocycles. The van der Waals surface area contributed by atoms with E-state index in [2.05, 4.69) is 21.2 Å². The molecule has 0 bridgehead atoms. The van der Waals surface area contributed by atoms with Gasteiger partial charge in [0, 0.05) is 49.3 Å². The Morgan fingerprint density at radius 1 is 1.21 bits per heavy atom. The van der Waals surface area contributed by atoms with E-state index < -0.39 is 0 Å². The molecule has 0 radical (unpaired) electrons. The first-order valence-corrected chi connectivity index (χ1v) is 9.00. The van der Waals surface area contributed by atoms with Crippen LogP contribution in [0.4, 0.5) is 10.5 Å². The van der Waals surface area contributed by atoms with E-state index in [0.29, 0.717) is 45.8 Å². The Labute approximate surface area is 151 Å². The van der Waals surface area contributed by atoms with Crippen molar-refractivity contribution in [3.63, 3.8) is 0 Å². The lowest BCUT2D eigenvalue weighted by Crippen LogP contribution is -2.50. The van der Waals surface area contributed by atoms with Crippen LogP contribution in [-0.2, 0) is 9.53 Å². The molecule has 7 heteroatoms. The van der Waals surface area contributed by atoms with Gasteiger partial charge in [0.25, 0.3) is 0 Å². The highest BCUT2D eigenvalue weighted by molar-refractivity contribution is 9.10. The first-order chi connectivity index (χ1) is 11.5. The van der Waals surface area contributed by atoms with Gasteiger partial charge in [-0.05, 0) is 47.5 Å². The van der Waals surface area contributed by atoms with Crippen LogP contribution in [0.3, 0.4) is 0 Å². The molecule has 0 aliphatic carbocycles. The Hall–Kier alpha value is -1.76. The van der Waals surface area contributed by atoms with Crippen LogP contribution >= 0.6 is 15.9 Å². The maximum absolute atomic E-state index is 12.3. The van der Waals surface area contributed by atoms with Crippen molar-refractivity contribution in [3.05, 3.63) is 28.2 Å². The highest BCUT2D eigenvalue weighted by Gasteiger charge is 2.24. The lowest BCUT2D eigenvalue weighted by Gasteiger charge is -2.34. The number of aryl methyl sites for hydroxylation is 1. The van der Waals surface area contributed by atoms with Gasteiger partial charge in [0.2, 0.25) is 5.91 Å². The average Bonchev–Trinajstić information content (AvgIpc) is 2.57. The summed E-state index contributed by atoms with van der Waals surface area (Å²) in [5.74, 6) is 0.106. The molecule has 1 aliphatic heterocycles. The molecule has 1 aromatic carbocycles. The van der Waals surface area contributed by atoms with E-state index in [0.717, 1.165) is 10.2 Å². The number of nitrogens with one attached hydrogen (secondary N) is 1. The number of carbonyl (C=O) groups is 2. The number of anilines is 1. The zero-order valence-corrected chi connectivity index (χ0v) is 15.8. The Kier molecular flexibility index (Phi) is 6.90. The van der Waals surface area contributed by atoms with E-state index in [9.17, 15) is 9.59 Å². The summed E-state index contributed by atoms with van der Waals surface area (Å²) in [5, 5.41) is 3.27. The average molecular weight is 398 g/mol. The van der Waals surface area contributed by atoms with Crippen LogP contribution in [0, 0.1) is 6.92 Å². The van der Waals surface area contributed by atoms with Crippen LogP contribution in [0.25, 0.3) is 0 Å². The molecule has 6 nitrogen and oxygen atoms in total.